The molecule has 1 unspecified atom stereocenters. The van der Waals surface area contributed by atoms with Crippen LogP contribution in [0.5, 0.6) is 5.88 Å². The summed E-state index contributed by atoms with van der Waals surface area (Å²) >= 11 is 0. The molecule has 0 saturated carbocycles. The summed E-state index contributed by atoms with van der Waals surface area (Å²) in [5, 5.41) is 3.12. The van der Waals surface area contributed by atoms with Gasteiger partial charge in [0, 0.05) is 24.3 Å². The third-order valence-electron chi connectivity index (χ3n) is 3.51. The Morgan fingerprint density at radius 1 is 1.42 bits per heavy atom. The number of likely N-dealkylation sites (tertiary alicyclic amines) is 1. The minimum absolute atomic E-state index is 0.506. The van der Waals surface area contributed by atoms with Gasteiger partial charge < -0.3 is 15.0 Å². The van der Waals surface area contributed by atoms with Gasteiger partial charge in [0.25, 0.3) is 0 Å². The molecule has 1 aliphatic rings. The van der Waals surface area contributed by atoms with Gasteiger partial charge >= 0.3 is 0 Å². The highest BCUT2D eigenvalue weighted by Crippen LogP contribution is 2.17. The van der Waals surface area contributed by atoms with Gasteiger partial charge in [0.1, 0.15) is 6.61 Å². The SMILES string of the molecule is CCNc1nc(C)cc(OCC2CCCCN2C)n1. The van der Waals surface area contributed by atoms with Crippen molar-refractivity contribution < 1.29 is 4.74 Å². The first-order chi connectivity index (χ1) is 9.19. The van der Waals surface area contributed by atoms with Crippen molar-refractivity contribution in [3.8, 4) is 5.88 Å². The number of anilines is 1. The van der Waals surface area contributed by atoms with Crippen LogP contribution in [-0.4, -0.2) is 47.7 Å². The zero-order chi connectivity index (χ0) is 13.7. The van der Waals surface area contributed by atoms with Gasteiger partial charge in [0.15, 0.2) is 0 Å². The van der Waals surface area contributed by atoms with E-state index in [0.29, 0.717) is 24.5 Å². The third kappa shape index (κ3) is 4.06. The molecule has 0 radical (unpaired) electrons. The average molecular weight is 264 g/mol. The van der Waals surface area contributed by atoms with Crippen molar-refractivity contribution in [2.24, 2.45) is 0 Å². The van der Waals surface area contributed by atoms with Gasteiger partial charge in [-0.3, -0.25) is 0 Å². The molecule has 5 heteroatoms. The molecule has 1 N–H and O–H groups in total. The fraction of sp³-hybridized carbons (Fsp3) is 0.714. The molecule has 1 aromatic heterocycles. The second-order valence-electron chi connectivity index (χ2n) is 5.14. The molecular weight excluding hydrogens is 240 g/mol. The number of nitrogens with one attached hydrogen (secondary N) is 1. The monoisotopic (exact) mass is 264 g/mol. The number of hydrogen-bond acceptors (Lipinski definition) is 5. The maximum absolute atomic E-state index is 5.85. The molecule has 1 atom stereocenters. The highest BCUT2D eigenvalue weighted by atomic mass is 16.5. The average Bonchev–Trinajstić information content (AvgIpc) is 2.37. The Morgan fingerprint density at radius 3 is 3.00 bits per heavy atom. The van der Waals surface area contributed by atoms with Crippen molar-refractivity contribution in [3.63, 3.8) is 0 Å². The Labute approximate surface area is 115 Å². The van der Waals surface area contributed by atoms with Crippen LogP contribution in [0.2, 0.25) is 0 Å². The minimum Gasteiger partial charge on any atom is -0.476 e. The molecule has 0 amide bonds. The minimum atomic E-state index is 0.506. The van der Waals surface area contributed by atoms with E-state index in [1.807, 2.05) is 19.9 Å². The Hall–Kier alpha value is -1.36. The zero-order valence-electron chi connectivity index (χ0n) is 12.1. The van der Waals surface area contributed by atoms with E-state index in [-0.39, 0.29) is 0 Å². The molecule has 1 aliphatic heterocycles. The maximum Gasteiger partial charge on any atom is 0.226 e. The molecule has 1 fully saturated rings. The first kappa shape index (κ1) is 14.1. The van der Waals surface area contributed by atoms with Crippen LogP contribution in [0.1, 0.15) is 31.9 Å². The Kier molecular flexibility index (Phi) is 4.96. The van der Waals surface area contributed by atoms with E-state index in [0.717, 1.165) is 12.2 Å². The molecule has 0 bridgehead atoms. The lowest BCUT2D eigenvalue weighted by atomic mass is 10.0. The second-order valence-corrected chi connectivity index (χ2v) is 5.14. The third-order valence-corrected chi connectivity index (χ3v) is 3.51. The van der Waals surface area contributed by atoms with Gasteiger partial charge in [0.05, 0.1) is 0 Å². The highest BCUT2D eigenvalue weighted by molar-refractivity contribution is 5.30. The number of piperidine rings is 1. The van der Waals surface area contributed by atoms with Crippen molar-refractivity contribution in [1.82, 2.24) is 14.9 Å². The fourth-order valence-corrected chi connectivity index (χ4v) is 2.39. The largest absolute Gasteiger partial charge is 0.476 e. The summed E-state index contributed by atoms with van der Waals surface area (Å²) in [6, 6.07) is 2.40. The molecule has 1 aromatic rings. The number of aryl methyl sites for hydroxylation is 1. The van der Waals surface area contributed by atoms with Gasteiger partial charge in [-0.2, -0.15) is 4.98 Å². The van der Waals surface area contributed by atoms with E-state index < -0.39 is 0 Å². The first-order valence-corrected chi connectivity index (χ1v) is 7.11. The van der Waals surface area contributed by atoms with Crippen LogP contribution in [0.3, 0.4) is 0 Å². The van der Waals surface area contributed by atoms with E-state index in [2.05, 4.69) is 27.2 Å². The Bertz CT molecular complexity index is 410. The molecular formula is C14H24N4O. The number of ether oxygens (including phenoxy) is 1. The quantitative estimate of drug-likeness (QED) is 0.882. The normalized spacial score (nSPS) is 20.3. The van der Waals surface area contributed by atoms with Gasteiger partial charge in [-0.1, -0.05) is 6.42 Å². The predicted octanol–water partition coefficient (Wildman–Crippen LogP) is 2.08. The number of likely N-dealkylation sites (N-methyl/N-ethyl adjacent to an activating group) is 1. The first-order valence-electron chi connectivity index (χ1n) is 7.11. The van der Waals surface area contributed by atoms with Gasteiger partial charge in [-0.25, -0.2) is 4.98 Å². The standard InChI is InChI=1S/C14H24N4O/c1-4-15-14-16-11(2)9-13(17-14)19-10-12-7-5-6-8-18(12)3/h9,12H,4-8,10H2,1-3H3,(H,15,16,17). The van der Waals surface area contributed by atoms with Crippen LogP contribution in [0.15, 0.2) is 6.07 Å². The maximum atomic E-state index is 5.85. The zero-order valence-corrected chi connectivity index (χ0v) is 12.1. The summed E-state index contributed by atoms with van der Waals surface area (Å²) in [5.74, 6) is 1.32. The van der Waals surface area contributed by atoms with Crippen LogP contribution in [0, 0.1) is 6.92 Å². The van der Waals surface area contributed by atoms with E-state index in [1.165, 1.54) is 25.8 Å². The van der Waals surface area contributed by atoms with Gasteiger partial charge in [-0.05, 0) is 40.3 Å². The Morgan fingerprint density at radius 2 is 2.26 bits per heavy atom. The topological polar surface area (TPSA) is 50.3 Å². The summed E-state index contributed by atoms with van der Waals surface area (Å²) in [7, 11) is 2.17. The summed E-state index contributed by atoms with van der Waals surface area (Å²) in [6.45, 7) is 6.68. The molecule has 5 nitrogen and oxygen atoms in total. The molecule has 0 spiro atoms. The van der Waals surface area contributed by atoms with E-state index >= 15 is 0 Å². The van der Waals surface area contributed by atoms with Crippen molar-refractivity contribution in [2.75, 3.05) is 32.1 Å². The van der Waals surface area contributed by atoms with Crippen molar-refractivity contribution in [3.05, 3.63) is 11.8 Å². The molecule has 0 aromatic carbocycles. The van der Waals surface area contributed by atoms with Crippen LogP contribution >= 0.6 is 0 Å². The summed E-state index contributed by atoms with van der Waals surface area (Å²) < 4.78 is 5.85. The smallest absolute Gasteiger partial charge is 0.226 e. The molecule has 0 aliphatic carbocycles. The highest BCUT2D eigenvalue weighted by Gasteiger charge is 2.19. The lowest BCUT2D eigenvalue weighted by molar-refractivity contribution is 0.122. The van der Waals surface area contributed by atoms with Crippen LogP contribution in [0.4, 0.5) is 5.95 Å². The summed E-state index contributed by atoms with van der Waals surface area (Å²) in [4.78, 5) is 11.1. The molecule has 2 heterocycles. The van der Waals surface area contributed by atoms with E-state index in [4.69, 9.17) is 4.74 Å². The lowest BCUT2D eigenvalue weighted by Crippen LogP contribution is -2.40. The molecule has 19 heavy (non-hydrogen) atoms. The van der Waals surface area contributed by atoms with Gasteiger partial charge in [-0.15, -0.1) is 0 Å². The van der Waals surface area contributed by atoms with E-state index in [9.17, 15) is 0 Å². The Balaban J connectivity index is 1.94. The second kappa shape index (κ2) is 6.70. The molecule has 106 valence electrons. The molecule has 1 saturated heterocycles. The lowest BCUT2D eigenvalue weighted by Gasteiger charge is -2.31. The molecule has 2 rings (SSSR count). The summed E-state index contributed by atoms with van der Waals surface area (Å²) in [6.07, 6.45) is 3.80. The van der Waals surface area contributed by atoms with E-state index in [1.54, 1.807) is 0 Å². The predicted molar refractivity (Wildman–Crippen MR) is 76.7 cm³/mol. The number of rotatable bonds is 5. The van der Waals surface area contributed by atoms with Crippen LogP contribution in [-0.2, 0) is 0 Å². The van der Waals surface area contributed by atoms with Crippen LogP contribution in [0.25, 0.3) is 0 Å². The van der Waals surface area contributed by atoms with Crippen LogP contribution < -0.4 is 10.1 Å². The fourth-order valence-electron chi connectivity index (χ4n) is 2.39. The number of nitrogens with zero attached hydrogens (tertiary/aromatic N) is 3. The van der Waals surface area contributed by atoms with Gasteiger partial charge in [0.2, 0.25) is 11.8 Å². The number of aromatic nitrogens is 2. The van der Waals surface area contributed by atoms with Crippen molar-refractivity contribution in [1.29, 1.82) is 0 Å². The van der Waals surface area contributed by atoms with Crippen molar-refractivity contribution >= 4 is 5.95 Å². The van der Waals surface area contributed by atoms with Crippen molar-refractivity contribution in [2.45, 2.75) is 39.2 Å². The summed E-state index contributed by atoms with van der Waals surface area (Å²) in [5.41, 5.74) is 0.929. The number of hydrogen-bond donors (Lipinski definition) is 1.